The number of carbonyl (C=O) groups is 1. The molecule has 8 nitrogen and oxygen atoms in total. The Labute approximate surface area is 115 Å². The van der Waals surface area contributed by atoms with Gasteiger partial charge in [-0.3, -0.25) is 14.9 Å². The third-order valence-corrected chi connectivity index (χ3v) is 2.99. The van der Waals surface area contributed by atoms with Crippen LogP contribution in [-0.4, -0.2) is 35.4 Å². The first-order valence-electron chi connectivity index (χ1n) is 6.14. The Morgan fingerprint density at radius 3 is 3.00 bits per heavy atom. The van der Waals surface area contributed by atoms with Crippen molar-refractivity contribution in [3.8, 4) is 0 Å². The van der Waals surface area contributed by atoms with E-state index in [1.165, 1.54) is 5.57 Å². The Balaban J connectivity index is 2.16. The zero-order valence-corrected chi connectivity index (χ0v) is 10.8. The van der Waals surface area contributed by atoms with Gasteiger partial charge in [-0.25, -0.2) is 4.98 Å². The Hall–Kier alpha value is -2.48. The first-order valence-corrected chi connectivity index (χ1v) is 6.14. The number of nitrogens with zero attached hydrogens (tertiary/aromatic N) is 2. The zero-order chi connectivity index (χ0) is 14.5. The Morgan fingerprint density at radius 1 is 1.60 bits per heavy atom. The summed E-state index contributed by atoms with van der Waals surface area (Å²) in [5.74, 6) is -0.481. The molecule has 0 saturated carbocycles. The van der Waals surface area contributed by atoms with Crippen LogP contribution in [0.2, 0.25) is 0 Å². The van der Waals surface area contributed by atoms with Gasteiger partial charge < -0.3 is 16.4 Å². The van der Waals surface area contributed by atoms with Crippen LogP contribution in [0, 0.1) is 10.1 Å². The number of aromatic nitrogens is 1. The normalized spacial score (nSPS) is 14.5. The van der Waals surface area contributed by atoms with Crippen LogP contribution in [0.3, 0.4) is 0 Å². The van der Waals surface area contributed by atoms with Crippen molar-refractivity contribution >= 4 is 17.4 Å². The summed E-state index contributed by atoms with van der Waals surface area (Å²) in [6.45, 7) is 2.25. The molecule has 1 aliphatic rings. The molecule has 8 heteroatoms. The maximum Gasteiger partial charge on any atom is 0.288 e. The third kappa shape index (κ3) is 3.29. The van der Waals surface area contributed by atoms with Crippen molar-refractivity contribution in [1.82, 2.24) is 10.3 Å². The maximum atomic E-state index is 11.3. The lowest BCUT2D eigenvalue weighted by molar-refractivity contribution is -0.385. The summed E-state index contributed by atoms with van der Waals surface area (Å²) >= 11 is 0. The van der Waals surface area contributed by atoms with Crippen LogP contribution in [0.15, 0.2) is 23.9 Å². The summed E-state index contributed by atoms with van der Waals surface area (Å²) in [7, 11) is 0. The van der Waals surface area contributed by atoms with E-state index in [2.05, 4.69) is 21.7 Å². The maximum absolute atomic E-state index is 11.3. The van der Waals surface area contributed by atoms with Crippen LogP contribution in [-0.2, 0) is 0 Å². The molecule has 0 aromatic carbocycles. The van der Waals surface area contributed by atoms with Gasteiger partial charge in [0.15, 0.2) is 0 Å². The smallest absolute Gasteiger partial charge is 0.288 e. The summed E-state index contributed by atoms with van der Waals surface area (Å²) in [6.07, 6.45) is 4.07. The molecule has 0 fully saturated rings. The lowest BCUT2D eigenvalue weighted by Gasteiger charge is -2.15. The minimum atomic E-state index is -0.747. The van der Waals surface area contributed by atoms with Gasteiger partial charge >= 0.3 is 0 Å². The van der Waals surface area contributed by atoms with Gasteiger partial charge in [0.05, 0.1) is 10.5 Å². The van der Waals surface area contributed by atoms with Crippen LogP contribution in [0.5, 0.6) is 0 Å². The lowest BCUT2D eigenvalue weighted by Crippen LogP contribution is -2.24. The zero-order valence-electron chi connectivity index (χ0n) is 10.8. The van der Waals surface area contributed by atoms with Gasteiger partial charge in [0, 0.05) is 19.2 Å². The molecule has 1 aromatic rings. The van der Waals surface area contributed by atoms with E-state index in [1.54, 1.807) is 0 Å². The SMILES string of the molecule is NC(=O)c1cc([N+](=O)[O-])cnc1NCC1=CCNCC1. The van der Waals surface area contributed by atoms with E-state index in [1.807, 2.05) is 0 Å². The predicted molar refractivity (Wildman–Crippen MR) is 73.5 cm³/mol. The van der Waals surface area contributed by atoms with Gasteiger partial charge in [0.2, 0.25) is 0 Å². The second-order valence-corrected chi connectivity index (χ2v) is 4.38. The van der Waals surface area contributed by atoms with Gasteiger partial charge in [-0.15, -0.1) is 0 Å². The van der Waals surface area contributed by atoms with Crippen molar-refractivity contribution in [3.05, 3.63) is 39.6 Å². The monoisotopic (exact) mass is 277 g/mol. The molecular weight excluding hydrogens is 262 g/mol. The molecule has 2 rings (SSSR count). The molecule has 106 valence electrons. The molecule has 0 saturated heterocycles. The molecule has 0 atom stereocenters. The fourth-order valence-electron chi connectivity index (χ4n) is 1.91. The van der Waals surface area contributed by atoms with Crippen molar-refractivity contribution in [2.45, 2.75) is 6.42 Å². The molecule has 1 amide bonds. The first-order chi connectivity index (χ1) is 9.58. The first kappa shape index (κ1) is 13.9. The van der Waals surface area contributed by atoms with Crippen molar-refractivity contribution in [1.29, 1.82) is 0 Å². The number of carbonyl (C=O) groups excluding carboxylic acids is 1. The summed E-state index contributed by atoms with van der Waals surface area (Å²) in [4.78, 5) is 25.3. The Morgan fingerprint density at radius 2 is 2.40 bits per heavy atom. The number of nitrogens with one attached hydrogen (secondary N) is 2. The second-order valence-electron chi connectivity index (χ2n) is 4.38. The fourth-order valence-corrected chi connectivity index (χ4v) is 1.91. The molecule has 0 spiro atoms. The van der Waals surface area contributed by atoms with E-state index in [0.29, 0.717) is 6.54 Å². The van der Waals surface area contributed by atoms with Crippen LogP contribution in [0.25, 0.3) is 0 Å². The highest BCUT2D eigenvalue weighted by atomic mass is 16.6. The minimum absolute atomic E-state index is 0.0220. The van der Waals surface area contributed by atoms with Gasteiger partial charge in [0.25, 0.3) is 11.6 Å². The van der Waals surface area contributed by atoms with Crippen molar-refractivity contribution in [2.75, 3.05) is 25.0 Å². The molecule has 2 heterocycles. The van der Waals surface area contributed by atoms with Gasteiger partial charge in [-0.2, -0.15) is 0 Å². The number of hydrogen-bond acceptors (Lipinski definition) is 6. The summed E-state index contributed by atoms with van der Waals surface area (Å²) in [5, 5.41) is 16.9. The Bertz CT molecular complexity index is 570. The van der Waals surface area contributed by atoms with Crippen molar-refractivity contribution in [3.63, 3.8) is 0 Å². The van der Waals surface area contributed by atoms with Gasteiger partial charge in [-0.1, -0.05) is 11.6 Å². The van der Waals surface area contributed by atoms with Gasteiger partial charge in [-0.05, 0) is 13.0 Å². The van der Waals surface area contributed by atoms with Crippen LogP contribution in [0.1, 0.15) is 16.8 Å². The number of anilines is 1. The highest BCUT2D eigenvalue weighted by Gasteiger charge is 2.16. The number of amides is 1. The summed E-state index contributed by atoms with van der Waals surface area (Å²) in [5.41, 5.74) is 6.18. The summed E-state index contributed by atoms with van der Waals surface area (Å²) < 4.78 is 0. The standard InChI is InChI=1S/C12H15N5O3/c13-11(18)10-5-9(17(19)20)7-16-12(10)15-6-8-1-3-14-4-2-8/h1,5,7,14H,2-4,6H2,(H2,13,18)(H,15,16). The molecule has 20 heavy (non-hydrogen) atoms. The number of primary amides is 1. The molecule has 0 bridgehead atoms. The van der Waals surface area contributed by atoms with E-state index in [0.717, 1.165) is 31.8 Å². The number of rotatable bonds is 5. The van der Waals surface area contributed by atoms with Crippen LogP contribution >= 0.6 is 0 Å². The van der Waals surface area contributed by atoms with Crippen LogP contribution < -0.4 is 16.4 Å². The largest absolute Gasteiger partial charge is 0.366 e. The third-order valence-electron chi connectivity index (χ3n) is 2.99. The minimum Gasteiger partial charge on any atom is -0.366 e. The average molecular weight is 277 g/mol. The molecule has 1 aromatic heterocycles. The Kier molecular flexibility index (Phi) is 4.26. The predicted octanol–water partition coefficient (Wildman–Crippen LogP) is 0.420. The highest BCUT2D eigenvalue weighted by Crippen LogP contribution is 2.19. The second kappa shape index (κ2) is 6.11. The van der Waals surface area contributed by atoms with E-state index < -0.39 is 10.8 Å². The van der Waals surface area contributed by atoms with E-state index in [4.69, 9.17) is 5.73 Å². The molecule has 4 N–H and O–H groups in total. The highest BCUT2D eigenvalue weighted by molar-refractivity contribution is 5.98. The number of nitro groups is 1. The summed E-state index contributed by atoms with van der Waals surface area (Å²) in [6, 6.07) is 1.13. The van der Waals surface area contributed by atoms with E-state index in [-0.39, 0.29) is 17.1 Å². The van der Waals surface area contributed by atoms with E-state index >= 15 is 0 Å². The molecule has 1 aliphatic heterocycles. The molecule has 0 radical (unpaired) electrons. The molecule has 0 unspecified atom stereocenters. The lowest BCUT2D eigenvalue weighted by atomic mass is 10.1. The van der Waals surface area contributed by atoms with Gasteiger partial charge in [0.1, 0.15) is 12.0 Å². The van der Waals surface area contributed by atoms with Crippen molar-refractivity contribution < 1.29 is 9.72 Å². The van der Waals surface area contributed by atoms with Crippen LogP contribution in [0.4, 0.5) is 11.5 Å². The van der Waals surface area contributed by atoms with E-state index in [9.17, 15) is 14.9 Å². The topological polar surface area (TPSA) is 123 Å². The number of nitrogens with two attached hydrogens (primary N) is 1. The number of hydrogen-bond donors (Lipinski definition) is 3. The molecular formula is C12H15N5O3. The fraction of sp³-hybridized carbons (Fsp3) is 0.333. The molecule has 0 aliphatic carbocycles. The quantitative estimate of drug-likeness (QED) is 0.407. The number of pyridine rings is 1. The van der Waals surface area contributed by atoms with Crippen molar-refractivity contribution in [2.24, 2.45) is 5.73 Å². The average Bonchev–Trinajstić information content (AvgIpc) is 2.45.